The third-order valence-corrected chi connectivity index (χ3v) is 3.38. The molecule has 80 valence electrons. The minimum atomic E-state index is 0.439. The van der Waals surface area contributed by atoms with Crippen molar-refractivity contribution in [3.63, 3.8) is 0 Å². The summed E-state index contributed by atoms with van der Waals surface area (Å²) in [6.45, 7) is 4.00. The van der Waals surface area contributed by atoms with Crippen LogP contribution < -0.4 is 0 Å². The Morgan fingerprint density at radius 1 is 1.47 bits per heavy atom. The van der Waals surface area contributed by atoms with Gasteiger partial charge in [-0.1, -0.05) is 13.8 Å². The molecule has 0 radical (unpaired) electrons. The van der Waals surface area contributed by atoms with E-state index in [-0.39, 0.29) is 0 Å². The molecule has 0 aliphatic rings. The number of nitrogens with zero attached hydrogens (tertiary/aromatic N) is 3. The van der Waals surface area contributed by atoms with Gasteiger partial charge in [-0.15, -0.1) is 0 Å². The zero-order valence-electron chi connectivity index (χ0n) is 8.35. The highest BCUT2D eigenvalue weighted by Crippen LogP contribution is 2.23. The third kappa shape index (κ3) is 2.49. The Kier molecular flexibility index (Phi) is 5.03. The first-order valence-electron chi connectivity index (χ1n) is 4.43. The summed E-state index contributed by atoms with van der Waals surface area (Å²) >= 11 is 2.15. The lowest BCUT2D eigenvalue weighted by atomic mass is 10.3. The molecule has 2 heterocycles. The summed E-state index contributed by atoms with van der Waals surface area (Å²) in [5.41, 5.74) is 1.21. The number of fused-ring (bicyclic) bond motifs is 1. The SMILES string of the molecule is CC.O=Cc1ncnc2c1ccn2SI. The number of hydrogen-bond acceptors (Lipinski definition) is 4. The Labute approximate surface area is 104 Å². The van der Waals surface area contributed by atoms with Crippen LogP contribution in [0.25, 0.3) is 11.0 Å². The van der Waals surface area contributed by atoms with Crippen LogP contribution >= 0.6 is 30.3 Å². The van der Waals surface area contributed by atoms with Crippen LogP contribution in [0.3, 0.4) is 0 Å². The summed E-state index contributed by atoms with van der Waals surface area (Å²) in [5, 5.41) is 0.793. The number of carbonyl (C=O) groups excluding carboxylic acids is 1. The van der Waals surface area contributed by atoms with Gasteiger partial charge in [0.15, 0.2) is 11.9 Å². The summed E-state index contributed by atoms with van der Waals surface area (Å²) in [7, 11) is 1.50. The maximum atomic E-state index is 10.6. The van der Waals surface area contributed by atoms with Gasteiger partial charge in [-0.05, 0) is 6.07 Å². The molecule has 0 atom stereocenters. The molecule has 2 aromatic heterocycles. The Morgan fingerprint density at radius 2 is 2.20 bits per heavy atom. The maximum Gasteiger partial charge on any atom is 0.169 e. The minimum Gasteiger partial charge on any atom is -0.296 e. The molecule has 0 spiro atoms. The van der Waals surface area contributed by atoms with E-state index in [0.29, 0.717) is 5.69 Å². The second kappa shape index (κ2) is 6.06. The number of halogens is 1. The number of aromatic nitrogens is 3. The van der Waals surface area contributed by atoms with Gasteiger partial charge in [0.2, 0.25) is 0 Å². The predicted molar refractivity (Wildman–Crippen MR) is 71.3 cm³/mol. The highest BCUT2D eigenvalue weighted by molar-refractivity contribution is 14.2. The lowest BCUT2D eigenvalue weighted by Gasteiger charge is -1.96. The second-order valence-corrected chi connectivity index (χ2v) is 4.04. The first-order valence-corrected chi connectivity index (χ1v) is 7.74. The first kappa shape index (κ1) is 12.4. The van der Waals surface area contributed by atoms with Crippen LogP contribution in [0.1, 0.15) is 24.3 Å². The van der Waals surface area contributed by atoms with E-state index < -0.39 is 0 Å². The van der Waals surface area contributed by atoms with Crippen LogP contribution in [0.2, 0.25) is 0 Å². The van der Waals surface area contributed by atoms with Gasteiger partial charge >= 0.3 is 0 Å². The Balaban J connectivity index is 0.000000531. The minimum absolute atomic E-state index is 0.439. The van der Waals surface area contributed by atoms with Crippen molar-refractivity contribution in [3.8, 4) is 0 Å². The van der Waals surface area contributed by atoms with E-state index in [2.05, 4.69) is 31.2 Å². The quantitative estimate of drug-likeness (QED) is 0.625. The fourth-order valence-electron chi connectivity index (χ4n) is 1.10. The van der Waals surface area contributed by atoms with E-state index in [1.807, 2.05) is 30.1 Å². The number of hydrogen-bond donors (Lipinski definition) is 0. The van der Waals surface area contributed by atoms with Crippen LogP contribution in [0.5, 0.6) is 0 Å². The molecule has 0 unspecified atom stereocenters. The summed E-state index contributed by atoms with van der Waals surface area (Å²) in [5.74, 6) is 0. The summed E-state index contributed by atoms with van der Waals surface area (Å²) in [6, 6.07) is 1.84. The van der Waals surface area contributed by atoms with Crippen molar-refractivity contribution in [3.05, 3.63) is 24.3 Å². The second-order valence-electron chi connectivity index (χ2n) is 2.32. The zero-order valence-corrected chi connectivity index (χ0v) is 11.3. The average molecular weight is 335 g/mol. The largest absolute Gasteiger partial charge is 0.296 e. The molecule has 0 aromatic carbocycles. The molecule has 0 amide bonds. The molecule has 0 N–H and O–H groups in total. The molecule has 0 aliphatic heterocycles. The summed E-state index contributed by atoms with van der Waals surface area (Å²) in [6.07, 6.45) is 4.01. The summed E-state index contributed by atoms with van der Waals surface area (Å²) in [4.78, 5) is 18.6. The van der Waals surface area contributed by atoms with Gasteiger partial charge in [0.05, 0.1) is 0 Å². The number of rotatable bonds is 2. The van der Waals surface area contributed by atoms with Crippen molar-refractivity contribution in [2.45, 2.75) is 13.8 Å². The van der Waals surface area contributed by atoms with E-state index in [1.165, 1.54) is 15.4 Å². The number of aldehydes is 1. The van der Waals surface area contributed by atoms with Gasteiger partial charge in [0.1, 0.15) is 12.0 Å². The smallest absolute Gasteiger partial charge is 0.169 e. The molecule has 0 saturated carbocycles. The average Bonchev–Trinajstić information content (AvgIpc) is 2.74. The zero-order chi connectivity index (χ0) is 11.3. The molecule has 4 nitrogen and oxygen atoms in total. The highest BCUT2D eigenvalue weighted by Gasteiger charge is 2.06. The molecule has 6 heteroatoms. The van der Waals surface area contributed by atoms with E-state index >= 15 is 0 Å². The molecule has 15 heavy (non-hydrogen) atoms. The first-order chi connectivity index (χ1) is 7.36. The van der Waals surface area contributed by atoms with Crippen LogP contribution in [0.15, 0.2) is 18.6 Å². The Hall–Kier alpha value is -0.630. The van der Waals surface area contributed by atoms with Crippen molar-refractivity contribution in [2.75, 3.05) is 0 Å². The Bertz CT molecular complexity index is 458. The highest BCUT2D eigenvalue weighted by atomic mass is 127. The molecular weight excluding hydrogens is 325 g/mol. The van der Waals surface area contributed by atoms with Crippen LogP contribution in [0, 0.1) is 0 Å². The monoisotopic (exact) mass is 335 g/mol. The summed E-state index contributed by atoms with van der Waals surface area (Å²) < 4.78 is 1.88. The molecule has 2 rings (SSSR count). The third-order valence-electron chi connectivity index (χ3n) is 1.67. The lowest BCUT2D eigenvalue weighted by Crippen LogP contribution is -1.91. The van der Waals surface area contributed by atoms with Crippen molar-refractivity contribution >= 4 is 47.6 Å². The molecule has 0 fully saturated rings. The molecule has 0 aliphatic carbocycles. The predicted octanol–water partition coefficient (Wildman–Crippen LogP) is 3.12. The van der Waals surface area contributed by atoms with Gasteiger partial charge in [-0.3, -0.25) is 8.77 Å². The number of carbonyl (C=O) groups is 1. The van der Waals surface area contributed by atoms with Crippen molar-refractivity contribution in [2.24, 2.45) is 0 Å². The van der Waals surface area contributed by atoms with E-state index in [9.17, 15) is 4.79 Å². The fraction of sp³-hybridized carbons (Fsp3) is 0.222. The molecule has 2 aromatic rings. The Morgan fingerprint density at radius 3 is 2.80 bits per heavy atom. The van der Waals surface area contributed by atoms with Gasteiger partial charge < -0.3 is 0 Å². The fourth-order valence-corrected chi connectivity index (χ4v) is 2.37. The van der Waals surface area contributed by atoms with Gasteiger partial charge in [-0.2, -0.15) is 0 Å². The van der Waals surface area contributed by atoms with Gasteiger partial charge in [-0.25, -0.2) is 9.97 Å². The van der Waals surface area contributed by atoms with Crippen molar-refractivity contribution in [1.29, 1.82) is 0 Å². The van der Waals surface area contributed by atoms with E-state index in [0.717, 1.165) is 17.3 Å². The van der Waals surface area contributed by atoms with Crippen LogP contribution in [0.4, 0.5) is 0 Å². The maximum absolute atomic E-state index is 10.6. The van der Waals surface area contributed by atoms with Crippen LogP contribution in [-0.2, 0) is 0 Å². The van der Waals surface area contributed by atoms with Crippen molar-refractivity contribution < 1.29 is 4.79 Å². The van der Waals surface area contributed by atoms with Gasteiger partial charge in [0.25, 0.3) is 0 Å². The standard InChI is InChI=1S/C7H4IN3OS.C2H6/c8-13-11-2-1-5-6(3-12)9-4-10-7(5)11;1-2/h1-4H;1-2H3. The lowest BCUT2D eigenvalue weighted by molar-refractivity contribution is 0.112. The van der Waals surface area contributed by atoms with E-state index in [4.69, 9.17) is 0 Å². The molecule has 0 saturated heterocycles. The normalized spacial score (nSPS) is 9.53. The van der Waals surface area contributed by atoms with Crippen LogP contribution in [-0.4, -0.2) is 20.2 Å². The molecular formula is C9H10IN3OS. The van der Waals surface area contributed by atoms with Gasteiger partial charge in [0, 0.05) is 41.9 Å². The molecule has 0 bridgehead atoms. The van der Waals surface area contributed by atoms with Crippen molar-refractivity contribution in [1.82, 2.24) is 13.9 Å². The van der Waals surface area contributed by atoms with E-state index in [1.54, 1.807) is 0 Å². The topological polar surface area (TPSA) is 47.8 Å².